The van der Waals surface area contributed by atoms with Crippen LogP contribution in [0.15, 0.2) is 23.1 Å². The number of hydrogen-bond donors (Lipinski definition) is 1. The summed E-state index contributed by atoms with van der Waals surface area (Å²) in [6.07, 6.45) is 0. The van der Waals surface area contributed by atoms with E-state index in [4.69, 9.17) is 10.5 Å². The molecule has 1 heterocycles. The van der Waals surface area contributed by atoms with Crippen molar-refractivity contribution >= 4 is 15.5 Å². The van der Waals surface area contributed by atoms with E-state index in [1.54, 1.807) is 25.1 Å². The van der Waals surface area contributed by atoms with Crippen LogP contribution in [0.5, 0.6) is 0 Å². The van der Waals surface area contributed by atoms with Gasteiger partial charge in [-0.1, -0.05) is 6.07 Å². The lowest BCUT2D eigenvalue weighted by atomic mass is 10.2. The van der Waals surface area contributed by atoms with E-state index in [0.29, 0.717) is 30.3 Å². The van der Waals surface area contributed by atoms with Crippen molar-refractivity contribution in [3.8, 4) is 0 Å². The number of aryl methyl sites for hydroxylation is 1. The van der Waals surface area contributed by atoms with Gasteiger partial charge in [-0.15, -0.1) is 0 Å². The monoisotopic (exact) mass is 284 g/mol. The van der Waals surface area contributed by atoms with E-state index in [2.05, 4.69) is 4.90 Å². The summed E-state index contributed by atoms with van der Waals surface area (Å²) < 4.78 is 29.9. The summed E-state index contributed by atoms with van der Waals surface area (Å²) in [7, 11) is -3.28. The van der Waals surface area contributed by atoms with E-state index in [1.807, 2.05) is 0 Å². The van der Waals surface area contributed by atoms with Crippen LogP contribution in [0.3, 0.4) is 0 Å². The maximum atomic E-state index is 12.3. The molecule has 19 heavy (non-hydrogen) atoms. The lowest BCUT2D eigenvalue weighted by molar-refractivity contribution is 0.0408. The third-order valence-electron chi connectivity index (χ3n) is 3.33. The number of anilines is 1. The summed E-state index contributed by atoms with van der Waals surface area (Å²) >= 11 is 0. The van der Waals surface area contributed by atoms with Crippen LogP contribution in [0.4, 0.5) is 5.69 Å². The minimum atomic E-state index is -3.28. The zero-order valence-electron chi connectivity index (χ0n) is 11.1. The first-order valence-corrected chi connectivity index (χ1v) is 8.03. The maximum absolute atomic E-state index is 12.3. The molecule has 5 nitrogen and oxygen atoms in total. The van der Waals surface area contributed by atoms with E-state index in [-0.39, 0.29) is 5.75 Å². The fraction of sp³-hybridized carbons (Fsp3) is 0.538. The van der Waals surface area contributed by atoms with E-state index in [0.717, 1.165) is 18.7 Å². The summed E-state index contributed by atoms with van der Waals surface area (Å²) in [6.45, 7) is 5.28. The van der Waals surface area contributed by atoms with Crippen molar-refractivity contribution in [3.05, 3.63) is 23.8 Å². The molecule has 0 aliphatic carbocycles. The predicted octanol–water partition coefficient (Wildman–Crippen LogP) is 0.683. The average Bonchev–Trinajstić information content (AvgIpc) is 2.40. The Labute approximate surface area is 114 Å². The van der Waals surface area contributed by atoms with Crippen LogP contribution < -0.4 is 5.73 Å². The fourth-order valence-electron chi connectivity index (χ4n) is 2.14. The van der Waals surface area contributed by atoms with Crippen LogP contribution in [0.25, 0.3) is 0 Å². The van der Waals surface area contributed by atoms with Crippen LogP contribution in [-0.2, 0) is 14.6 Å². The quantitative estimate of drug-likeness (QED) is 0.823. The number of nitrogens with zero attached hydrogens (tertiary/aromatic N) is 1. The van der Waals surface area contributed by atoms with Gasteiger partial charge in [-0.05, 0) is 24.6 Å². The summed E-state index contributed by atoms with van der Waals surface area (Å²) in [4.78, 5) is 2.46. The number of hydrogen-bond acceptors (Lipinski definition) is 5. The van der Waals surface area contributed by atoms with Gasteiger partial charge in [0.2, 0.25) is 0 Å². The number of benzene rings is 1. The molecule has 1 saturated heterocycles. The molecule has 0 radical (unpaired) electrons. The summed E-state index contributed by atoms with van der Waals surface area (Å²) in [5.41, 5.74) is 6.90. The molecule has 0 amide bonds. The van der Waals surface area contributed by atoms with Crippen molar-refractivity contribution in [2.75, 3.05) is 44.3 Å². The Morgan fingerprint density at radius 1 is 1.32 bits per heavy atom. The molecular formula is C13H20N2O3S. The van der Waals surface area contributed by atoms with E-state index in [9.17, 15) is 8.42 Å². The third-order valence-corrected chi connectivity index (χ3v) is 5.16. The zero-order chi connectivity index (χ0) is 13.9. The van der Waals surface area contributed by atoms with Gasteiger partial charge in [-0.3, -0.25) is 4.90 Å². The molecule has 0 bridgehead atoms. The third kappa shape index (κ3) is 3.68. The number of sulfone groups is 1. The number of nitrogen functional groups attached to an aromatic ring is 1. The van der Waals surface area contributed by atoms with Gasteiger partial charge in [0.1, 0.15) is 0 Å². The highest BCUT2D eigenvalue weighted by Gasteiger charge is 2.20. The van der Waals surface area contributed by atoms with Crippen LogP contribution in [-0.4, -0.2) is 51.9 Å². The molecule has 1 aliphatic heterocycles. The lowest BCUT2D eigenvalue weighted by Crippen LogP contribution is -2.39. The molecule has 1 aromatic rings. The summed E-state index contributed by atoms with van der Waals surface area (Å²) in [5.74, 6) is 0.122. The highest BCUT2D eigenvalue weighted by atomic mass is 32.2. The van der Waals surface area contributed by atoms with Crippen LogP contribution >= 0.6 is 0 Å². The number of nitrogens with two attached hydrogens (primary N) is 1. The van der Waals surface area contributed by atoms with E-state index >= 15 is 0 Å². The Bertz CT molecular complexity index is 537. The van der Waals surface area contributed by atoms with Gasteiger partial charge in [0.15, 0.2) is 9.84 Å². The number of morpholine rings is 1. The molecule has 0 saturated carbocycles. The van der Waals surface area contributed by atoms with Crippen molar-refractivity contribution in [3.63, 3.8) is 0 Å². The Hall–Kier alpha value is -1.11. The molecule has 1 fully saturated rings. The molecular weight excluding hydrogens is 264 g/mol. The molecule has 2 N–H and O–H groups in total. The van der Waals surface area contributed by atoms with Crippen molar-refractivity contribution in [2.45, 2.75) is 11.8 Å². The Kier molecular flexibility index (Phi) is 4.44. The Balaban J connectivity index is 2.07. The molecule has 0 spiro atoms. The molecule has 2 rings (SSSR count). The lowest BCUT2D eigenvalue weighted by Gasteiger charge is -2.26. The normalized spacial score (nSPS) is 17.5. The van der Waals surface area contributed by atoms with Gasteiger partial charge in [-0.25, -0.2) is 8.42 Å². The highest BCUT2D eigenvalue weighted by Crippen LogP contribution is 2.19. The summed E-state index contributed by atoms with van der Waals surface area (Å²) in [5, 5.41) is 0. The van der Waals surface area contributed by atoms with Gasteiger partial charge < -0.3 is 10.5 Å². The van der Waals surface area contributed by atoms with Crippen LogP contribution in [0, 0.1) is 6.92 Å². The minimum Gasteiger partial charge on any atom is -0.399 e. The van der Waals surface area contributed by atoms with Crippen molar-refractivity contribution in [1.29, 1.82) is 0 Å². The van der Waals surface area contributed by atoms with E-state index < -0.39 is 9.84 Å². The second kappa shape index (κ2) is 5.90. The molecule has 1 aromatic carbocycles. The standard InChI is InChI=1S/C13H20N2O3S/c1-11-2-3-12(14)10-13(11)19(16,17)9-6-15-4-7-18-8-5-15/h2-3,10H,4-9,14H2,1H3. The molecule has 6 heteroatoms. The first kappa shape index (κ1) is 14.3. The summed E-state index contributed by atoms with van der Waals surface area (Å²) in [6, 6.07) is 5.01. The van der Waals surface area contributed by atoms with Crippen LogP contribution in [0.1, 0.15) is 5.56 Å². The average molecular weight is 284 g/mol. The van der Waals surface area contributed by atoms with Gasteiger partial charge in [0, 0.05) is 25.3 Å². The first-order chi connectivity index (χ1) is 8.99. The highest BCUT2D eigenvalue weighted by molar-refractivity contribution is 7.91. The minimum absolute atomic E-state index is 0.122. The van der Waals surface area contributed by atoms with Gasteiger partial charge in [0.05, 0.1) is 23.9 Å². The van der Waals surface area contributed by atoms with Gasteiger partial charge in [-0.2, -0.15) is 0 Å². The van der Waals surface area contributed by atoms with E-state index in [1.165, 1.54) is 0 Å². The maximum Gasteiger partial charge on any atom is 0.179 e. The first-order valence-electron chi connectivity index (χ1n) is 6.38. The smallest absolute Gasteiger partial charge is 0.179 e. The topological polar surface area (TPSA) is 72.6 Å². The molecule has 1 aliphatic rings. The van der Waals surface area contributed by atoms with Crippen molar-refractivity contribution in [2.24, 2.45) is 0 Å². The van der Waals surface area contributed by atoms with Gasteiger partial charge >= 0.3 is 0 Å². The SMILES string of the molecule is Cc1ccc(N)cc1S(=O)(=O)CCN1CCOCC1. The molecule has 0 atom stereocenters. The Morgan fingerprint density at radius 3 is 2.68 bits per heavy atom. The fourth-order valence-corrected chi connectivity index (χ4v) is 3.73. The second-order valence-electron chi connectivity index (χ2n) is 4.80. The van der Waals surface area contributed by atoms with Crippen LogP contribution in [0.2, 0.25) is 0 Å². The van der Waals surface area contributed by atoms with Gasteiger partial charge in [0.25, 0.3) is 0 Å². The van der Waals surface area contributed by atoms with Crippen molar-refractivity contribution in [1.82, 2.24) is 4.90 Å². The Morgan fingerprint density at radius 2 is 2.00 bits per heavy atom. The predicted molar refractivity (Wildman–Crippen MR) is 74.9 cm³/mol. The molecule has 106 valence electrons. The number of rotatable bonds is 4. The largest absolute Gasteiger partial charge is 0.399 e. The molecule has 0 aromatic heterocycles. The number of ether oxygens (including phenoxy) is 1. The molecule has 0 unspecified atom stereocenters. The second-order valence-corrected chi connectivity index (χ2v) is 6.88. The zero-order valence-corrected chi connectivity index (χ0v) is 11.9. The van der Waals surface area contributed by atoms with Crippen molar-refractivity contribution < 1.29 is 13.2 Å².